The molecule has 3 N–H and O–H groups in total. The van der Waals surface area contributed by atoms with Crippen LogP contribution in [0.15, 0.2) is 35.4 Å². The lowest BCUT2D eigenvalue weighted by atomic mass is 10.3. The van der Waals surface area contributed by atoms with Gasteiger partial charge in [0.05, 0.1) is 5.69 Å². The lowest BCUT2D eigenvalue weighted by molar-refractivity contribution is 0.601. The number of aromatic nitrogens is 1. The Morgan fingerprint density at radius 3 is 2.60 bits per heavy atom. The molecule has 0 atom stereocenters. The van der Waals surface area contributed by atoms with E-state index in [2.05, 4.69) is 4.72 Å². The highest BCUT2D eigenvalue weighted by atomic mass is 35.5. The molecule has 0 aliphatic rings. The van der Waals surface area contributed by atoms with Gasteiger partial charge in [-0.2, -0.15) is 0 Å². The summed E-state index contributed by atoms with van der Waals surface area (Å²) in [5.41, 5.74) is 6.23. The third-order valence-corrected chi connectivity index (χ3v) is 4.28. The summed E-state index contributed by atoms with van der Waals surface area (Å²) in [6.07, 6.45) is 1.44. The van der Waals surface area contributed by atoms with E-state index in [4.69, 9.17) is 17.3 Å². The number of rotatable bonds is 4. The van der Waals surface area contributed by atoms with Crippen molar-refractivity contribution in [1.82, 2.24) is 4.57 Å². The molecule has 0 fully saturated rings. The summed E-state index contributed by atoms with van der Waals surface area (Å²) < 4.78 is 41.4. The lowest BCUT2D eigenvalue weighted by Gasteiger charge is -2.07. The largest absolute Gasteiger partial charge is 0.352 e. The van der Waals surface area contributed by atoms with Gasteiger partial charge in [-0.1, -0.05) is 11.6 Å². The Bertz CT molecular complexity index is 723. The Morgan fingerprint density at radius 2 is 2.05 bits per heavy atom. The highest BCUT2D eigenvalue weighted by Gasteiger charge is 2.18. The van der Waals surface area contributed by atoms with Crippen molar-refractivity contribution in [3.05, 3.63) is 47.0 Å². The SMILES string of the molecule is Cn1cc(S(=O)(=O)Nc2cc(F)cc(Cl)c2)cc1CN. The van der Waals surface area contributed by atoms with E-state index in [-0.39, 0.29) is 22.2 Å². The predicted octanol–water partition coefficient (Wildman–Crippen LogP) is 2.08. The van der Waals surface area contributed by atoms with Crippen molar-refractivity contribution in [3.63, 3.8) is 0 Å². The Hall–Kier alpha value is -1.57. The van der Waals surface area contributed by atoms with Crippen molar-refractivity contribution in [1.29, 1.82) is 0 Å². The van der Waals surface area contributed by atoms with Crippen LogP contribution in [0.3, 0.4) is 0 Å². The molecular weight excluding hydrogens is 305 g/mol. The van der Waals surface area contributed by atoms with Gasteiger partial charge in [0.25, 0.3) is 10.0 Å². The number of nitrogens with zero attached hydrogens (tertiary/aromatic N) is 1. The summed E-state index contributed by atoms with van der Waals surface area (Å²) in [6, 6.07) is 4.93. The number of sulfonamides is 1. The van der Waals surface area contributed by atoms with Gasteiger partial charge < -0.3 is 10.3 Å². The van der Waals surface area contributed by atoms with Crippen LogP contribution in [0, 0.1) is 5.82 Å². The Morgan fingerprint density at radius 1 is 1.35 bits per heavy atom. The quantitative estimate of drug-likeness (QED) is 0.906. The maximum Gasteiger partial charge on any atom is 0.263 e. The molecule has 0 unspecified atom stereocenters. The minimum absolute atomic E-state index is 0.0563. The number of benzene rings is 1. The number of hydrogen-bond acceptors (Lipinski definition) is 3. The van der Waals surface area contributed by atoms with Crippen molar-refractivity contribution >= 4 is 27.3 Å². The number of hydrogen-bond donors (Lipinski definition) is 2. The molecular formula is C12H13ClFN3O2S. The summed E-state index contributed by atoms with van der Waals surface area (Å²) in [5.74, 6) is -0.620. The number of halogens is 2. The van der Waals surface area contributed by atoms with Crippen LogP contribution >= 0.6 is 11.6 Å². The molecule has 8 heteroatoms. The third kappa shape index (κ3) is 3.12. The summed E-state index contributed by atoms with van der Waals surface area (Å²) in [7, 11) is -2.12. The highest BCUT2D eigenvalue weighted by Crippen LogP contribution is 2.22. The number of nitrogens with two attached hydrogens (primary N) is 1. The molecule has 0 radical (unpaired) electrons. The molecule has 108 valence electrons. The van der Waals surface area contributed by atoms with Crippen LogP contribution in [0.1, 0.15) is 5.69 Å². The zero-order chi connectivity index (χ0) is 14.9. The van der Waals surface area contributed by atoms with Crippen molar-refractivity contribution in [2.75, 3.05) is 4.72 Å². The van der Waals surface area contributed by atoms with Crippen LogP contribution in [-0.2, 0) is 23.6 Å². The standard InChI is InChI=1S/C12H13ClFN3O2S/c1-17-7-12(5-11(17)6-15)20(18,19)16-10-3-8(13)2-9(14)4-10/h2-5,7,16H,6,15H2,1H3. The first-order chi connectivity index (χ1) is 9.31. The van der Waals surface area contributed by atoms with E-state index in [1.807, 2.05) is 0 Å². The maximum absolute atomic E-state index is 13.2. The molecule has 0 aliphatic carbocycles. The van der Waals surface area contributed by atoms with Gasteiger partial charge in [0.15, 0.2) is 0 Å². The first-order valence-corrected chi connectivity index (χ1v) is 7.52. The molecule has 0 aliphatic heterocycles. The van der Waals surface area contributed by atoms with Crippen LogP contribution in [-0.4, -0.2) is 13.0 Å². The van der Waals surface area contributed by atoms with E-state index < -0.39 is 15.8 Å². The number of nitrogens with one attached hydrogen (secondary N) is 1. The average molecular weight is 318 g/mol. The molecule has 20 heavy (non-hydrogen) atoms. The van der Waals surface area contributed by atoms with Crippen LogP contribution in [0.2, 0.25) is 5.02 Å². The van der Waals surface area contributed by atoms with Crippen LogP contribution in [0.25, 0.3) is 0 Å². The molecule has 0 amide bonds. The van der Waals surface area contributed by atoms with Gasteiger partial charge in [0.1, 0.15) is 10.7 Å². The number of anilines is 1. The number of aryl methyl sites for hydroxylation is 1. The molecule has 1 heterocycles. The molecule has 0 bridgehead atoms. The van der Waals surface area contributed by atoms with E-state index in [9.17, 15) is 12.8 Å². The highest BCUT2D eigenvalue weighted by molar-refractivity contribution is 7.92. The van der Waals surface area contributed by atoms with E-state index >= 15 is 0 Å². The van der Waals surface area contributed by atoms with Gasteiger partial charge in [-0.25, -0.2) is 12.8 Å². The summed E-state index contributed by atoms with van der Waals surface area (Å²) in [5, 5.41) is 0.110. The Kier molecular flexibility index (Phi) is 4.03. The third-order valence-electron chi connectivity index (χ3n) is 2.72. The Balaban J connectivity index is 2.35. The van der Waals surface area contributed by atoms with Gasteiger partial charge in [0.2, 0.25) is 0 Å². The summed E-state index contributed by atoms with van der Waals surface area (Å²) in [4.78, 5) is 0.0563. The van der Waals surface area contributed by atoms with Gasteiger partial charge in [-0.05, 0) is 24.3 Å². The smallest absolute Gasteiger partial charge is 0.263 e. The van der Waals surface area contributed by atoms with E-state index in [0.29, 0.717) is 5.69 Å². The second-order valence-corrected chi connectivity index (χ2v) is 6.36. The minimum atomic E-state index is -3.81. The molecule has 0 spiro atoms. The fraction of sp³-hybridized carbons (Fsp3) is 0.167. The zero-order valence-electron chi connectivity index (χ0n) is 10.6. The van der Waals surface area contributed by atoms with Crippen molar-refractivity contribution < 1.29 is 12.8 Å². The molecule has 0 saturated carbocycles. The monoisotopic (exact) mass is 317 g/mol. The van der Waals surface area contributed by atoms with Crippen LogP contribution in [0.5, 0.6) is 0 Å². The van der Waals surface area contributed by atoms with Gasteiger partial charge in [0, 0.05) is 30.5 Å². The fourth-order valence-electron chi connectivity index (χ4n) is 1.75. The van der Waals surface area contributed by atoms with Gasteiger partial charge in [-0.15, -0.1) is 0 Å². The van der Waals surface area contributed by atoms with Crippen LogP contribution in [0.4, 0.5) is 10.1 Å². The van der Waals surface area contributed by atoms with Crippen molar-refractivity contribution in [3.8, 4) is 0 Å². The molecule has 2 rings (SSSR count). The molecule has 5 nitrogen and oxygen atoms in total. The summed E-state index contributed by atoms with van der Waals surface area (Å²) in [6.45, 7) is 0.220. The fourth-order valence-corrected chi connectivity index (χ4v) is 3.11. The van der Waals surface area contributed by atoms with Gasteiger partial charge >= 0.3 is 0 Å². The van der Waals surface area contributed by atoms with E-state index in [1.165, 1.54) is 18.3 Å². The van der Waals surface area contributed by atoms with Crippen molar-refractivity contribution in [2.45, 2.75) is 11.4 Å². The molecule has 1 aromatic carbocycles. The first-order valence-electron chi connectivity index (χ1n) is 5.66. The summed E-state index contributed by atoms with van der Waals surface area (Å²) >= 11 is 5.68. The predicted molar refractivity (Wildman–Crippen MR) is 75.5 cm³/mol. The second kappa shape index (κ2) is 5.43. The van der Waals surface area contributed by atoms with E-state index in [0.717, 1.165) is 12.1 Å². The second-order valence-electron chi connectivity index (χ2n) is 4.25. The van der Waals surface area contributed by atoms with Crippen molar-refractivity contribution in [2.24, 2.45) is 12.8 Å². The van der Waals surface area contributed by atoms with Crippen LogP contribution < -0.4 is 10.5 Å². The van der Waals surface area contributed by atoms with E-state index in [1.54, 1.807) is 11.6 Å². The normalized spacial score (nSPS) is 11.6. The topological polar surface area (TPSA) is 77.1 Å². The Labute approximate surface area is 121 Å². The molecule has 1 aromatic heterocycles. The van der Waals surface area contributed by atoms with Gasteiger partial charge in [-0.3, -0.25) is 4.72 Å². The minimum Gasteiger partial charge on any atom is -0.352 e. The lowest BCUT2D eigenvalue weighted by Crippen LogP contribution is -2.12. The average Bonchev–Trinajstić information content (AvgIpc) is 2.69. The zero-order valence-corrected chi connectivity index (χ0v) is 12.2. The molecule has 2 aromatic rings. The molecule has 0 saturated heterocycles. The first kappa shape index (κ1) is 14.8. The maximum atomic E-state index is 13.2.